The van der Waals surface area contributed by atoms with Gasteiger partial charge >= 0.3 is 5.97 Å². The van der Waals surface area contributed by atoms with Gasteiger partial charge in [0.1, 0.15) is 24.7 Å². The fourth-order valence-electron chi connectivity index (χ4n) is 4.45. The molecule has 0 saturated heterocycles. The number of methoxy groups -OCH3 is 1. The molecule has 3 aromatic carbocycles. The Morgan fingerprint density at radius 1 is 1.02 bits per heavy atom. The van der Waals surface area contributed by atoms with Crippen molar-refractivity contribution < 1.29 is 19.0 Å². The Morgan fingerprint density at radius 3 is 2.40 bits per heavy atom. The van der Waals surface area contributed by atoms with Crippen LogP contribution >= 0.6 is 11.3 Å². The van der Waals surface area contributed by atoms with Crippen LogP contribution in [-0.2, 0) is 16.1 Å². The fourth-order valence-corrected chi connectivity index (χ4v) is 5.50. The average molecular weight is 553 g/mol. The van der Waals surface area contributed by atoms with Crippen molar-refractivity contribution in [2.24, 2.45) is 4.99 Å². The van der Waals surface area contributed by atoms with Crippen LogP contribution in [-0.4, -0.2) is 24.3 Å². The number of rotatable bonds is 9. The first-order valence-corrected chi connectivity index (χ1v) is 13.5. The highest BCUT2D eigenvalue weighted by Gasteiger charge is 2.33. The summed E-state index contributed by atoms with van der Waals surface area (Å²) in [5, 5.41) is 0. The van der Waals surface area contributed by atoms with Gasteiger partial charge in [0.25, 0.3) is 5.56 Å². The molecule has 1 aromatic heterocycles. The zero-order valence-electron chi connectivity index (χ0n) is 22.2. The van der Waals surface area contributed by atoms with Crippen LogP contribution in [0.15, 0.2) is 113 Å². The van der Waals surface area contributed by atoms with E-state index in [0.717, 1.165) is 22.4 Å². The number of hydrogen-bond donors (Lipinski definition) is 0. The van der Waals surface area contributed by atoms with Gasteiger partial charge in [-0.05, 0) is 54.0 Å². The molecule has 0 spiro atoms. The third-order valence-electron chi connectivity index (χ3n) is 6.43. The molecule has 0 N–H and O–H groups in total. The molecule has 7 nitrogen and oxygen atoms in total. The number of esters is 1. The van der Waals surface area contributed by atoms with E-state index in [2.05, 4.69) is 11.6 Å². The minimum atomic E-state index is -0.699. The number of carbonyl (C=O) groups is 1. The van der Waals surface area contributed by atoms with E-state index in [1.165, 1.54) is 17.4 Å². The van der Waals surface area contributed by atoms with Gasteiger partial charge in [0.05, 0.1) is 29.0 Å². The van der Waals surface area contributed by atoms with Crippen LogP contribution in [0.2, 0.25) is 0 Å². The SMILES string of the molecule is C=CCOC(=O)C1=C(C)N=c2s/c(=C\c3ccc(OCc4ccccc4)cc3)c(=O)n2[C@H]1c1ccc(OC)cc1. The standard InChI is InChI=1S/C32H28N2O5S/c1-4-18-38-31(36)28-21(2)33-32-34(29(28)24-12-16-25(37-3)17-13-24)30(35)27(40-32)19-22-10-14-26(15-11-22)39-20-23-8-6-5-7-9-23/h4-17,19,29H,1,18,20H2,2-3H3/b27-19-/t29-/m0/s1. The van der Waals surface area contributed by atoms with E-state index in [1.54, 1.807) is 30.7 Å². The molecule has 1 atom stereocenters. The summed E-state index contributed by atoms with van der Waals surface area (Å²) in [7, 11) is 1.59. The van der Waals surface area contributed by atoms with Crippen LogP contribution in [0.25, 0.3) is 6.08 Å². The topological polar surface area (TPSA) is 79.1 Å². The molecule has 202 valence electrons. The van der Waals surface area contributed by atoms with Crippen molar-refractivity contribution in [2.45, 2.75) is 19.6 Å². The Balaban J connectivity index is 1.50. The van der Waals surface area contributed by atoms with Crippen LogP contribution in [0.3, 0.4) is 0 Å². The Morgan fingerprint density at radius 2 is 1.73 bits per heavy atom. The lowest BCUT2D eigenvalue weighted by Gasteiger charge is -2.24. The van der Waals surface area contributed by atoms with Crippen LogP contribution in [0.4, 0.5) is 0 Å². The van der Waals surface area contributed by atoms with E-state index in [9.17, 15) is 9.59 Å². The molecular formula is C32H28N2O5S. The molecule has 1 aliphatic heterocycles. The lowest BCUT2D eigenvalue weighted by molar-refractivity contribution is -0.138. The molecular weight excluding hydrogens is 524 g/mol. The lowest BCUT2D eigenvalue weighted by atomic mass is 9.96. The molecule has 4 aromatic rings. The molecule has 0 amide bonds. The number of ether oxygens (including phenoxy) is 3. The molecule has 8 heteroatoms. The molecule has 2 heterocycles. The van der Waals surface area contributed by atoms with Crippen molar-refractivity contribution in [3.63, 3.8) is 0 Å². The summed E-state index contributed by atoms with van der Waals surface area (Å²) in [5.74, 6) is 0.867. The van der Waals surface area contributed by atoms with Crippen molar-refractivity contribution in [1.82, 2.24) is 4.57 Å². The number of allylic oxidation sites excluding steroid dienone is 1. The first-order chi connectivity index (χ1) is 19.5. The van der Waals surface area contributed by atoms with Gasteiger partial charge < -0.3 is 14.2 Å². The van der Waals surface area contributed by atoms with Gasteiger partial charge in [-0.15, -0.1) is 0 Å². The third kappa shape index (κ3) is 5.67. The Bertz CT molecular complexity index is 1730. The molecule has 0 unspecified atom stereocenters. The molecule has 0 aliphatic carbocycles. The van der Waals surface area contributed by atoms with Gasteiger partial charge in [0.15, 0.2) is 4.80 Å². The van der Waals surface area contributed by atoms with Crippen LogP contribution in [0.1, 0.15) is 29.7 Å². The quantitative estimate of drug-likeness (QED) is 0.225. The normalized spacial score (nSPS) is 14.8. The number of fused-ring (bicyclic) bond motifs is 1. The minimum absolute atomic E-state index is 0.0560. The third-order valence-corrected chi connectivity index (χ3v) is 7.41. The zero-order chi connectivity index (χ0) is 28.1. The van der Waals surface area contributed by atoms with E-state index < -0.39 is 12.0 Å². The Hall–Kier alpha value is -4.69. The fraction of sp³-hybridized carbons (Fsp3) is 0.156. The number of benzene rings is 3. The maximum atomic E-state index is 13.8. The smallest absolute Gasteiger partial charge is 0.338 e. The number of thiazole rings is 1. The highest BCUT2D eigenvalue weighted by atomic mass is 32.1. The molecule has 0 fully saturated rings. The summed E-state index contributed by atoms with van der Waals surface area (Å²) < 4.78 is 18.6. The van der Waals surface area contributed by atoms with Gasteiger partial charge in [-0.1, -0.05) is 78.6 Å². The van der Waals surface area contributed by atoms with Gasteiger partial charge in [-0.3, -0.25) is 9.36 Å². The number of hydrogen-bond acceptors (Lipinski definition) is 7. The largest absolute Gasteiger partial charge is 0.497 e. The van der Waals surface area contributed by atoms with Crippen LogP contribution in [0.5, 0.6) is 11.5 Å². The Kier molecular flexibility index (Phi) is 8.07. The Labute approximate surface area is 235 Å². The van der Waals surface area contributed by atoms with Gasteiger partial charge in [0.2, 0.25) is 0 Å². The second-order valence-corrected chi connectivity index (χ2v) is 10.1. The summed E-state index contributed by atoms with van der Waals surface area (Å²) in [6, 6.07) is 24.1. The number of aromatic nitrogens is 1. The van der Waals surface area contributed by atoms with Crippen molar-refractivity contribution in [2.75, 3.05) is 13.7 Å². The van der Waals surface area contributed by atoms with E-state index in [0.29, 0.717) is 33.0 Å². The maximum Gasteiger partial charge on any atom is 0.338 e. The van der Waals surface area contributed by atoms with Crippen LogP contribution < -0.4 is 24.4 Å². The van der Waals surface area contributed by atoms with E-state index >= 15 is 0 Å². The van der Waals surface area contributed by atoms with Gasteiger partial charge in [-0.2, -0.15) is 0 Å². The molecule has 1 aliphatic rings. The summed E-state index contributed by atoms with van der Waals surface area (Å²) in [6.07, 6.45) is 3.33. The summed E-state index contributed by atoms with van der Waals surface area (Å²) >= 11 is 1.28. The van der Waals surface area contributed by atoms with E-state index in [1.807, 2.05) is 72.8 Å². The van der Waals surface area contributed by atoms with Crippen molar-refractivity contribution in [1.29, 1.82) is 0 Å². The monoisotopic (exact) mass is 552 g/mol. The molecule has 0 saturated carbocycles. The number of carbonyl (C=O) groups excluding carboxylic acids is 1. The highest BCUT2D eigenvalue weighted by molar-refractivity contribution is 7.07. The van der Waals surface area contributed by atoms with Crippen molar-refractivity contribution in [3.05, 3.63) is 139 Å². The second-order valence-electron chi connectivity index (χ2n) is 9.09. The zero-order valence-corrected chi connectivity index (χ0v) is 23.0. The summed E-state index contributed by atoms with van der Waals surface area (Å²) in [5.41, 5.74) is 3.25. The highest BCUT2D eigenvalue weighted by Crippen LogP contribution is 2.31. The van der Waals surface area contributed by atoms with E-state index in [4.69, 9.17) is 14.2 Å². The minimum Gasteiger partial charge on any atom is -0.497 e. The lowest BCUT2D eigenvalue weighted by Crippen LogP contribution is -2.39. The van der Waals surface area contributed by atoms with Crippen molar-refractivity contribution >= 4 is 23.4 Å². The molecule has 40 heavy (non-hydrogen) atoms. The van der Waals surface area contributed by atoms with Gasteiger partial charge in [0, 0.05) is 0 Å². The maximum absolute atomic E-state index is 13.8. The predicted molar refractivity (Wildman–Crippen MR) is 155 cm³/mol. The molecule has 0 radical (unpaired) electrons. The first kappa shape index (κ1) is 26.9. The molecule has 0 bridgehead atoms. The second kappa shape index (κ2) is 12.0. The number of nitrogens with zero attached hydrogens (tertiary/aromatic N) is 2. The van der Waals surface area contributed by atoms with E-state index in [-0.39, 0.29) is 12.2 Å². The average Bonchev–Trinajstić information content (AvgIpc) is 3.29. The van der Waals surface area contributed by atoms with Crippen molar-refractivity contribution in [3.8, 4) is 11.5 Å². The summed E-state index contributed by atoms with van der Waals surface area (Å²) in [4.78, 5) is 32.0. The van der Waals surface area contributed by atoms with Crippen LogP contribution in [0, 0.1) is 0 Å². The first-order valence-electron chi connectivity index (χ1n) is 12.7. The van der Waals surface area contributed by atoms with Gasteiger partial charge in [-0.25, -0.2) is 9.79 Å². The summed E-state index contributed by atoms with van der Waals surface area (Å²) in [6.45, 7) is 5.91. The predicted octanol–water partition coefficient (Wildman–Crippen LogP) is 4.55. The molecule has 5 rings (SSSR count).